The van der Waals surface area contributed by atoms with Crippen molar-refractivity contribution in [3.05, 3.63) is 113 Å². The number of nitrogens with one attached hydrogen (secondary N) is 2. The lowest BCUT2D eigenvalue weighted by molar-refractivity contribution is 0.271. The Kier molecular flexibility index (Phi) is 16.4. The summed E-state index contributed by atoms with van der Waals surface area (Å²) in [6.45, 7) is 6.82. The smallest absolute Gasteiger partial charge is 0.488 e. The maximum atomic E-state index is 9.60. The normalized spacial score (nSPS) is 11.1. The quantitative estimate of drug-likeness (QED) is 0.0635. The van der Waals surface area contributed by atoms with Crippen LogP contribution in [0.5, 0.6) is 17.2 Å². The van der Waals surface area contributed by atoms with Crippen LogP contribution in [-0.2, 0) is 6.54 Å². The largest absolute Gasteiger partial charge is 0.497 e. The Morgan fingerprint density at radius 2 is 1.28 bits per heavy atom. The SMILES string of the molecule is CC[C@H](CO)Nc1nc(NCc2ccc(-c3ccc(OC)cc3)cc2)c2ncn(C(C)C)c2n1.COc1ccc(B(O)O)cc1.COc1ccc(I)cc1. The van der Waals surface area contributed by atoms with Crippen LogP contribution < -0.4 is 30.3 Å². The molecule has 0 amide bonds. The third-order valence-corrected chi connectivity index (χ3v) is 9.04. The van der Waals surface area contributed by atoms with Crippen LogP contribution in [0.4, 0.5) is 11.8 Å². The Labute approximate surface area is 330 Å². The van der Waals surface area contributed by atoms with Gasteiger partial charge in [-0.25, -0.2) is 4.98 Å². The van der Waals surface area contributed by atoms with Gasteiger partial charge in [0.25, 0.3) is 0 Å². The molecule has 0 fully saturated rings. The van der Waals surface area contributed by atoms with Crippen LogP contribution in [0, 0.1) is 3.57 Å². The molecule has 4 aromatic carbocycles. The summed E-state index contributed by atoms with van der Waals surface area (Å²) in [7, 11) is 3.50. The molecule has 0 aliphatic rings. The molecule has 0 saturated carbocycles. The van der Waals surface area contributed by atoms with Gasteiger partial charge in [0.1, 0.15) is 17.2 Å². The molecule has 54 heavy (non-hydrogen) atoms. The molecule has 6 rings (SSSR count). The van der Waals surface area contributed by atoms with Gasteiger partial charge in [-0.1, -0.05) is 55.5 Å². The second-order valence-electron chi connectivity index (χ2n) is 12.3. The van der Waals surface area contributed by atoms with Gasteiger partial charge >= 0.3 is 7.12 Å². The fourth-order valence-electron chi connectivity index (χ4n) is 5.07. The van der Waals surface area contributed by atoms with E-state index in [1.165, 1.54) is 3.57 Å². The highest BCUT2D eigenvalue weighted by molar-refractivity contribution is 14.1. The summed E-state index contributed by atoms with van der Waals surface area (Å²) in [5, 5.41) is 33.7. The van der Waals surface area contributed by atoms with E-state index < -0.39 is 7.12 Å². The molecule has 0 aliphatic carbocycles. The van der Waals surface area contributed by atoms with E-state index in [0.717, 1.165) is 45.8 Å². The summed E-state index contributed by atoms with van der Waals surface area (Å²) in [6, 6.07) is 31.1. The molecule has 284 valence electrons. The molecular formula is C40H48BIN6O6. The Bertz CT molecular complexity index is 1990. The number of anilines is 2. The zero-order chi connectivity index (χ0) is 39.0. The molecule has 0 unspecified atom stereocenters. The van der Waals surface area contributed by atoms with E-state index in [0.29, 0.717) is 29.5 Å². The number of ether oxygens (including phenoxy) is 3. The van der Waals surface area contributed by atoms with Crippen LogP contribution >= 0.6 is 22.6 Å². The van der Waals surface area contributed by atoms with E-state index in [4.69, 9.17) is 24.3 Å². The molecule has 0 saturated heterocycles. The number of benzene rings is 4. The number of hydrogen-bond donors (Lipinski definition) is 5. The second kappa shape index (κ2) is 21.1. The van der Waals surface area contributed by atoms with Crippen molar-refractivity contribution in [2.45, 2.75) is 45.8 Å². The van der Waals surface area contributed by atoms with Crippen LogP contribution in [0.15, 0.2) is 103 Å². The van der Waals surface area contributed by atoms with E-state index in [2.05, 4.69) is 98.4 Å². The average molecular weight is 847 g/mol. The highest BCUT2D eigenvalue weighted by Gasteiger charge is 2.16. The first-order chi connectivity index (χ1) is 26.1. The first-order valence-electron chi connectivity index (χ1n) is 17.5. The van der Waals surface area contributed by atoms with E-state index in [1.807, 2.05) is 47.9 Å². The van der Waals surface area contributed by atoms with Gasteiger partial charge in [-0.3, -0.25) is 0 Å². The number of aliphatic hydroxyl groups excluding tert-OH is 1. The van der Waals surface area contributed by atoms with Gasteiger partial charge in [0.2, 0.25) is 5.95 Å². The van der Waals surface area contributed by atoms with Gasteiger partial charge < -0.3 is 44.6 Å². The van der Waals surface area contributed by atoms with Crippen LogP contribution in [0.1, 0.15) is 38.8 Å². The van der Waals surface area contributed by atoms with Gasteiger partial charge in [-0.05, 0) is 114 Å². The van der Waals surface area contributed by atoms with Crippen LogP contribution in [-0.4, -0.2) is 75.8 Å². The van der Waals surface area contributed by atoms with Crippen molar-refractivity contribution in [2.24, 2.45) is 0 Å². The van der Waals surface area contributed by atoms with E-state index >= 15 is 0 Å². The average Bonchev–Trinajstić information content (AvgIpc) is 3.65. The summed E-state index contributed by atoms with van der Waals surface area (Å²) in [5.74, 6) is 3.61. The first kappa shape index (κ1) is 41.9. The minimum Gasteiger partial charge on any atom is -0.497 e. The molecule has 5 N–H and O–H groups in total. The maximum absolute atomic E-state index is 9.60. The van der Waals surface area contributed by atoms with Crippen molar-refractivity contribution in [2.75, 3.05) is 38.6 Å². The number of aliphatic hydroxyl groups is 1. The lowest BCUT2D eigenvalue weighted by atomic mass is 9.80. The van der Waals surface area contributed by atoms with E-state index in [9.17, 15) is 5.11 Å². The number of rotatable bonds is 13. The second-order valence-corrected chi connectivity index (χ2v) is 13.6. The fraction of sp³-hybridized carbons (Fsp3) is 0.275. The van der Waals surface area contributed by atoms with Gasteiger partial charge in [-0.15, -0.1) is 0 Å². The molecular weight excluding hydrogens is 798 g/mol. The minimum absolute atomic E-state index is 0.0185. The number of methoxy groups -OCH3 is 3. The molecule has 0 spiro atoms. The molecule has 2 aromatic heterocycles. The van der Waals surface area contributed by atoms with E-state index in [1.54, 1.807) is 51.9 Å². The predicted molar refractivity (Wildman–Crippen MR) is 225 cm³/mol. The fourth-order valence-corrected chi connectivity index (χ4v) is 5.43. The highest BCUT2D eigenvalue weighted by Crippen LogP contribution is 2.26. The Morgan fingerprint density at radius 1 is 0.759 bits per heavy atom. The molecule has 0 aliphatic heterocycles. The summed E-state index contributed by atoms with van der Waals surface area (Å²) in [5.41, 5.74) is 5.37. The van der Waals surface area contributed by atoms with Gasteiger partial charge in [0.15, 0.2) is 17.0 Å². The lowest BCUT2D eigenvalue weighted by Crippen LogP contribution is -2.29. The third kappa shape index (κ3) is 12.1. The van der Waals surface area contributed by atoms with Crippen LogP contribution in [0.25, 0.3) is 22.3 Å². The number of hydrogen-bond acceptors (Lipinski definition) is 11. The number of imidazole rings is 1. The number of fused-ring (bicyclic) bond motifs is 1. The Morgan fingerprint density at radius 3 is 1.76 bits per heavy atom. The van der Waals surface area contributed by atoms with Crippen molar-refractivity contribution < 1.29 is 29.4 Å². The minimum atomic E-state index is -1.40. The number of aromatic nitrogens is 4. The molecule has 14 heteroatoms. The zero-order valence-corrected chi connectivity index (χ0v) is 33.6. The summed E-state index contributed by atoms with van der Waals surface area (Å²) >= 11 is 2.26. The van der Waals surface area contributed by atoms with Gasteiger partial charge in [-0.2, -0.15) is 9.97 Å². The highest BCUT2D eigenvalue weighted by atomic mass is 127. The third-order valence-electron chi connectivity index (χ3n) is 8.32. The van der Waals surface area contributed by atoms with Crippen molar-refractivity contribution in [3.63, 3.8) is 0 Å². The van der Waals surface area contributed by atoms with Crippen molar-refractivity contribution >= 4 is 58.1 Å². The Hall–Kier alpha value is -4.90. The van der Waals surface area contributed by atoms with Crippen LogP contribution in [0.3, 0.4) is 0 Å². The summed E-state index contributed by atoms with van der Waals surface area (Å²) < 4.78 is 18.3. The number of nitrogens with zero attached hydrogens (tertiary/aromatic N) is 4. The lowest BCUT2D eigenvalue weighted by Gasteiger charge is -2.16. The summed E-state index contributed by atoms with van der Waals surface area (Å²) in [6.07, 6.45) is 2.57. The van der Waals surface area contributed by atoms with Crippen molar-refractivity contribution in [1.29, 1.82) is 0 Å². The predicted octanol–water partition coefficient (Wildman–Crippen LogP) is 6.55. The molecule has 0 bridgehead atoms. The molecule has 1 atom stereocenters. The molecule has 12 nitrogen and oxygen atoms in total. The molecule has 2 heterocycles. The van der Waals surface area contributed by atoms with Gasteiger partial charge in [0.05, 0.1) is 40.3 Å². The maximum Gasteiger partial charge on any atom is 0.488 e. The van der Waals surface area contributed by atoms with Crippen LogP contribution in [0.2, 0.25) is 0 Å². The van der Waals surface area contributed by atoms with Crippen molar-refractivity contribution in [1.82, 2.24) is 19.5 Å². The van der Waals surface area contributed by atoms with Crippen molar-refractivity contribution in [3.8, 4) is 28.4 Å². The van der Waals surface area contributed by atoms with Gasteiger partial charge in [0, 0.05) is 16.2 Å². The standard InChI is InChI=1S/C26H32N6O2.C7H9BO3.C7H7IO/c1-5-21(15-33)29-26-30-24(23-25(31-26)32(16-28-23)17(2)3)27-14-18-6-8-19(9-7-18)20-10-12-22(34-4)13-11-20;1-11-7-4-2-6(3-5-7)8(9)10;1-9-7-4-2-6(8)3-5-7/h6-13,16-17,21,33H,5,14-15H2,1-4H3,(H2,27,29,30,31);2-5,9-10H,1H3;2-5H,1H3/t21-;;/m1../s1. The van der Waals surface area contributed by atoms with E-state index in [-0.39, 0.29) is 18.7 Å². The topological polar surface area (TPSA) is 156 Å². The zero-order valence-electron chi connectivity index (χ0n) is 31.4. The molecule has 0 radical (unpaired) electrons. The first-order valence-corrected chi connectivity index (χ1v) is 18.6. The molecule has 6 aromatic rings. The monoisotopic (exact) mass is 846 g/mol. The number of halogens is 1. The summed E-state index contributed by atoms with van der Waals surface area (Å²) in [4.78, 5) is 13.9. The Balaban J connectivity index is 0.000000263.